The number of ether oxygens (including phenoxy) is 3. The molecule has 0 spiro atoms. The molecular weight excluding hydrogens is 458 g/mol. The topological polar surface area (TPSA) is 112 Å². The minimum atomic E-state index is -3.69. The summed E-state index contributed by atoms with van der Waals surface area (Å²) in [5.41, 5.74) is 0.547. The molecule has 2 aliphatic heterocycles. The minimum absolute atomic E-state index is 0.0400. The Bertz CT molecular complexity index is 1130. The van der Waals surface area contributed by atoms with Gasteiger partial charge in [-0.15, -0.1) is 0 Å². The minimum Gasteiger partial charge on any atom is -0.493 e. The van der Waals surface area contributed by atoms with Crippen LogP contribution in [0.2, 0.25) is 0 Å². The lowest BCUT2D eigenvalue weighted by atomic mass is 10.2. The molecule has 2 heterocycles. The van der Waals surface area contributed by atoms with Gasteiger partial charge in [-0.1, -0.05) is 0 Å². The SMILES string of the molecule is COc1ccc(S(=O)(=O)N2CC3CCC(C2)N3CC(O)COc2ccc(C#N)cc2)cc1OC. The molecule has 4 rings (SSSR count). The molecule has 2 aromatic carbocycles. The first-order chi connectivity index (χ1) is 16.3. The molecule has 3 atom stereocenters. The molecule has 0 aromatic heterocycles. The number of piperazine rings is 1. The van der Waals surface area contributed by atoms with Gasteiger partial charge in [-0.2, -0.15) is 9.57 Å². The van der Waals surface area contributed by atoms with Crippen molar-refractivity contribution in [2.75, 3.05) is 40.5 Å². The number of sulfonamides is 1. The summed E-state index contributed by atoms with van der Waals surface area (Å²) in [5.74, 6) is 1.44. The molecule has 2 fully saturated rings. The van der Waals surface area contributed by atoms with E-state index in [0.29, 0.717) is 42.4 Å². The number of nitrogens with zero attached hydrogens (tertiary/aromatic N) is 3. The summed E-state index contributed by atoms with van der Waals surface area (Å²) in [6.07, 6.45) is 1.05. The summed E-state index contributed by atoms with van der Waals surface area (Å²) in [7, 11) is -0.706. The molecule has 3 unspecified atom stereocenters. The van der Waals surface area contributed by atoms with Crippen LogP contribution in [0.5, 0.6) is 17.2 Å². The van der Waals surface area contributed by atoms with Crippen molar-refractivity contribution in [2.24, 2.45) is 0 Å². The third-order valence-corrected chi connectivity index (χ3v) is 8.27. The zero-order valence-corrected chi connectivity index (χ0v) is 20.1. The fourth-order valence-electron chi connectivity index (χ4n) is 4.69. The van der Waals surface area contributed by atoms with Gasteiger partial charge in [0.2, 0.25) is 10.0 Å². The summed E-state index contributed by atoms with van der Waals surface area (Å²) in [6, 6.07) is 13.5. The van der Waals surface area contributed by atoms with Gasteiger partial charge < -0.3 is 19.3 Å². The van der Waals surface area contributed by atoms with E-state index >= 15 is 0 Å². The Labute approximate surface area is 200 Å². The number of nitriles is 1. The molecular formula is C24H29N3O6S. The highest BCUT2D eigenvalue weighted by molar-refractivity contribution is 7.89. The number of aliphatic hydroxyl groups excluding tert-OH is 1. The van der Waals surface area contributed by atoms with Crippen molar-refractivity contribution >= 4 is 10.0 Å². The van der Waals surface area contributed by atoms with Gasteiger partial charge in [0.05, 0.1) is 30.7 Å². The zero-order chi connectivity index (χ0) is 24.3. The fraction of sp³-hybridized carbons (Fsp3) is 0.458. The number of methoxy groups -OCH3 is 2. The molecule has 0 radical (unpaired) electrons. The number of rotatable bonds is 9. The second-order valence-corrected chi connectivity index (χ2v) is 10.5. The van der Waals surface area contributed by atoms with E-state index in [0.717, 1.165) is 12.8 Å². The van der Waals surface area contributed by atoms with Gasteiger partial charge in [0, 0.05) is 37.8 Å². The van der Waals surface area contributed by atoms with Gasteiger partial charge in [0.1, 0.15) is 18.5 Å². The smallest absolute Gasteiger partial charge is 0.243 e. The molecule has 2 bridgehead atoms. The van der Waals surface area contributed by atoms with Gasteiger partial charge in [-0.25, -0.2) is 8.42 Å². The van der Waals surface area contributed by atoms with E-state index in [1.165, 1.54) is 30.7 Å². The average molecular weight is 488 g/mol. The molecule has 182 valence electrons. The third kappa shape index (κ3) is 4.98. The van der Waals surface area contributed by atoms with Gasteiger partial charge in [0.25, 0.3) is 0 Å². The van der Waals surface area contributed by atoms with Crippen molar-refractivity contribution in [1.29, 1.82) is 5.26 Å². The maximum atomic E-state index is 13.3. The second kappa shape index (κ2) is 10.2. The molecule has 2 saturated heterocycles. The summed E-state index contributed by atoms with van der Waals surface area (Å²) in [6.45, 7) is 1.28. The number of hydrogen-bond donors (Lipinski definition) is 1. The van der Waals surface area contributed by atoms with Crippen LogP contribution in [0.15, 0.2) is 47.4 Å². The maximum absolute atomic E-state index is 13.3. The van der Waals surface area contributed by atoms with Gasteiger partial charge in [-0.3, -0.25) is 4.90 Å². The van der Waals surface area contributed by atoms with Crippen molar-refractivity contribution in [3.05, 3.63) is 48.0 Å². The summed E-state index contributed by atoms with van der Waals surface area (Å²) < 4.78 is 44.3. The summed E-state index contributed by atoms with van der Waals surface area (Å²) >= 11 is 0. The molecule has 9 nitrogen and oxygen atoms in total. The Morgan fingerprint density at radius 1 is 1.06 bits per heavy atom. The van der Waals surface area contributed by atoms with Crippen LogP contribution < -0.4 is 14.2 Å². The standard InChI is InChI=1S/C24H29N3O6S/c1-31-23-10-9-22(11-24(23)32-2)34(29,30)26-13-18-5-6-19(14-26)27(18)15-20(28)16-33-21-7-3-17(12-25)4-8-21/h3-4,7-11,18-20,28H,5-6,13-16H2,1-2H3. The van der Waals surface area contributed by atoms with Crippen LogP contribution in [0.25, 0.3) is 0 Å². The van der Waals surface area contributed by atoms with Crippen LogP contribution in [0.1, 0.15) is 18.4 Å². The normalized spacial score (nSPS) is 21.6. The predicted molar refractivity (Wildman–Crippen MR) is 124 cm³/mol. The van der Waals surface area contributed by atoms with Crippen LogP contribution in [-0.4, -0.2) is 81.4 Å². The highest BCUT2D eigenvalue weighted by Gasteiger charge is 2.44. The van der Waals surface area contributed by atoms with Gasteiger partial charge in [0.15, 0.2) is 11.5 Å². The molecule has 0 amide bonds. The summed E-state index contributed by atoms with van der Waals surface area (Å²) in [5, 5.41) is 19.4. The van der Waals surface area contributed by atoms with E-state index in [1.807, 2.05) is 0 Å². The van der Waals surface area contributed by atoms with E-state index in [-0.39, 0.29) is 23.6 Å². The van der Waals surface area contributed by atoms with E-state index in [4.69, 9.17) is 19.5 Å². The summed E-state index contributed by atoms with van der Waals surface area (Å²) in [4.78, 5) is 2.38. The second-order valence-electron chi connectivity index (χ2n) is 8.52. The largest absolute Gasteiger partial charge is 0.493 e. The van der Waals surface area contributed by atoms with Gasteiger partial charge in [-0.05, 0) is 49.2 Å². The number of benzene rings is 2. The molecule has 1 N–H and O–H groups in total. The zero-order valence-electron chi connectivity index (χ0n) is 19.3. The molecule has 0 saturated carbocycles. The number of hydrogen-bond acceptors (Lipinski definition) is 8. The van der Waals surface area contributed by atoms with Crippen LogP contribution in [0.4, 0.5) is 0 Å². The average Bonchev–Trinajstić information content (AvgIpc) is 3.07. The lowest BCUT2D eigenvalue weighted by Gasteiger charge is -2.41. The van der Waals surface area contributed by atoms with E-state index < -0.39 is 16.1 Å². The lowest BCUT2D eigenvalue weighted by Crippen LogP contribution is -2.57. The van der Waals surface area contributed by atoms with Crippen molar-refractivity contribution in [3.63, 3.8) is 0 Å². The van der Waals surface area contributed by atoms with E-state index in [9.17, 15) is 13.5 Å². The molecule has 10 heteroatoms. The van der Waals surface area contributed by atoms with Crippen LogP contribution in [0, 0.1) is 11.3 Å². The third-order valence-electron chi connectivity index (χ3n) is 6.44. The molecule has 2 aliphatic rings. The number of aliphatic hydroxyl groups is 1. The molecule has 0 aliphatic carbocycles. The first-order valence-electron chi connectivity index (χ1n) is 11.1. The highest BCUT2D eigenvalue weighted by Crippen LogP contribution is 2.35. The first-order valence-corrected chi connectivity index (χ1v) is 12.6. The van der Waals surface area contributed by atoms with Crippen LogP contribution in [0.3, 0.4) is 0 Å². The number of fused-ring (bicyclic) bond motifs is 2. The Morgan fingerprint density at radius 2 is 1.71 bits per heavy atom. The van der Waals surface area contributed by atoms with Crippen molar-refractivity contribution in [3.8, 4) is 23.3 Å². The molecule has 2 aromatic rings. The Hall–Kier alpha value is -2.84. The first kappa shape index (κ1) is 24.3. The van der Waals surface area contributed by atoms with Gasteiger partial charge >= 0.3 is 0 Å². The van der Waals surface area contributed by atoms with Crippen molar-refractivity contribution in [1.82, 2.24) is 9.21 Å². The van der Waals surface area contributed by atoms with E-state index in [1.54, 1.807) is 30.3 Å². The lowest BCUT2D eigenvalue weighted by molar-refractivity contribution is 0.0277. The monoisotopic (exact) mass is 487 g/mol. The predicted octanol–water partition coefficient (Wildman–Crippen LogP) is 1.85. The quantitative estimate of drug-likeness (QED) is 0.570. The highest BCUT2D eigenvalue weighted by atomic mass is 32.2. The molecule has 34 heavy (non-hydrogen) atoms. The fourth-order valence-corrected chi connectivity index (χ4v) is 6.22. The van der Waals surface area contributed by atoms with Crippen LogP contribution in [-0.2, 0) is 10.0 Å². The Balaban J connectivity index is 1.37. The Kier molecular flexibility index (Phi) is 7.28. The van der Waals surface area contributed by atoms with E-state index in [2.05, 4.69) is 11.0 Å². The van der Waals surface area contributed by atoms with Crippen molar-refractivity contribution in [2.45, 2.75) is 35.9 Å². The maximum Gasteiger partial charge on any atom is 0.243 e. The Morgan fingerprint density at radius 3 is 2.29 bits per heavy atom. The van der Waals surface area contributed by atoms with Crippen molar-refractivity contribution < 1.29 is 27.7 Å². The van der Waals surface area contributed by atoms with Crippen LogP contribution >= 0.6 is 0 Å².